The monoisotopic (exact) mass is 313 g/mol. The third kappa shape index (κ3) is 3.05. The van der Waals surface area contributed by atoms with E-state index in [0.29, 0.717) is 6.54 Å². The summed E-state index contributed by atoms with van der Waals surface area (Å²) in [4.78, 5) is 12.1. The average Bonchev–Trinajstić information content (AvgIpc) is 2.76. The highest BCUT2D eigenvalue weighted by atomic mass is 79.9. The molecule has 2 rings (SSSR count). The lowest BCUT2D eigenvalue weighted by Crippen LogP contribution is -2.39. The average molecular weight is 314 g/mol. The number of thioether (sulfide) groups is 1. The van der Waals surface area contributed by atoms with E-state index in [1.807, 2.05) is 31.2 Å². The maximum Gasteiger partial charge on any atom is 0.236 e. The highest BCUT2D eigenvalue weighted by Crippen LogP contribution is 2.37. The summed E-state index contributed by atoms with van der Waals surface area (Å²) in [5.74, 6) is 1.26. The van der Waals surface area contributed by atoms with Gasteiger partial charge in [0, 0.05) is 11.0 Å². The van der Waals surface area contributed by atoms with Crippen molar-refractivity contribution in [2.75, 3.05) is 5.75 Å². The first-order valence-corrected chi connectivity index (χ1v) is 7.55. The lowest BCUT2D eigenvalue weighted by molar-refractivity contribution is -0.123. The van der Waals surface area contributed by atoms with E-state index < -0.39 is 0 Å². The van der Waals surface area contributed by atoms with Gasteiger partial charge >= 0.3 is 0 Å². The van der Waals surface area contributed by atoms with Crippen molar-refractivity contribution >= 4 is 33.6 Å². The third-order valence-electron chi connectivity index (χ3n) is 3.10. The van der Waals surface area contributed by atoms with Crippen molar-refractivity contribution in [3.8, 4) is 0 Å². The first-order chi connectivity index (χ1) is 8.12. The molecule has 2 nitrogen and oxygen atoms in total. The molecule has 0 bridgehead atoms. The molecule has 92 valence electrons. The molecule has 1 aliphatic heterocycles. The van der Waals surface area contributed by atoms with Crippen molar-refractivity contribution in [2.24, 2.45) is 0 Å². The van der Waals surface area contributed by atoms with Gasteiger partial charge in [0.15, 0.2) is 0 Å². The molecular formula is C13H16BrNOS. The van der Waals surface area contributed by atoms with Gasteiger partial charge in [-0.15, -0.1) is 11.8 Å². The van der Waals surface area contributed by atoms with E-state index in [1.165, 1.54) is 0 Å². The van der Waals surface area contributed by atoms with Crippen molar-refractivity contribution < 1.29 is 4.79 Å². The number of carbonyl (C=O) groups excluding carboxylic acids is 1. The molecule has 1 amide bonds. The van der Waals surface area contributed by atoms with E-state index in [2.05, 4.69) is 21.2 Å². The molecule has 1 aliphatic rings. The maximum atomic E-state index is 12.1. The highest BCUT2D eigenvalue weighted by molar-refractivity contribution is 9.10. The number of nitrogens with one attached hydrogen (secondary N) is 1. The lowest BCUT2D eigenvalue weighted by Gasteiger charge is -2.21. The molecule has 1 aromatic rings. The predicted molar refractivity (Wildman–Crippen MR) is 76.1 cm³/mol. The van der Waals surface area contributed by atoms with Crippen molar-refractivity contribution in [1.82, 2.24) is 5.32 Å². The number of hydrogen-bond donors (Lipinski definition) is 1. The van der Waals surface area contributed by atoms with Crippen LogP contribution in [0.1, 0.15) is 25.3 Å². The fourth-order valence-electron chi connectivity index (χ4n) is 1.96. The first-order valence-electron chi connectivity index (χ1n) is 5.77. The van der Waals surface area contributed by atoms with Gasteiger partial charge in [-0.25, -0.2) is 0 Å². The van der Waals surface area contributed by atoms with Gasteiger partial charge in [-0.05, 0) is 37.1 Å². The molecule has 1 aromatic carbocycles. The van der Waals surface area contributed by atoms with Crippen LogP contribution in [-0.2, 0) is 11.3 Å². The van der Waals surface area contributed by atoms with E-state index in [-0.39, 0.29) is 10.7 Å². The topological polar surface area (TPSA) is 29.1 Å². The van der Waals surface area contributed by atoms with Gasteiger partial charge < -0.3 is 5.32 Å². The second-order valence-electron chi connectivity index (χ2n) is 4.46. The molecule has 1 atom stereocenters. The van der Waals surface area contributed by atoms with Gasteiger partial charge in [0.05, 0.1) is 4.75 Å². The number of rotatable bonds is 3. The molecule has 1 heterocycles. The molecule has 1 unspecified atom stereocenters. The first kappa shape index (κ1) is 13.0. The van der Waals surface area contributed by atoms with Crippen LogP contribution in [0.3, 0.4) is 0 Å². The van der Waals surface area contributed by atoms with Gasteiger partial charge in [-0.1, -0.05) is 34.1 Å². The van der Waals surface area contributed by atoms with E-state index in [9.17, 15) is 4.79 Å². The second-order valence-corrected chi connectivity index (χ2v) is 6.91. The number of halogens is 1. The fraction of sp³-hybridized carbons (Fsp3) is 0.462. The zero-order valence-electron chi connectivity index (χ0n) is 9.83. The Bertz CT molecular complexity index is 416. The summed E-state index contributed by atoms with van der Waals surface area (Å²) in [7, 11) is 0. The summed E-state index contributed by atoms with van der Waals surface area (Å²) in [6.45, 7) is 2.64. The standard InChI is InChI=1S/C13H16BrNOS/c1-13(7-4-8-17-13)12(16)15-9-10-5-2-3-6-11(10)14/h2-3,5-6H,4,7-9H2,1H3,(H,15,16). The van der Waals surface area contributed by atoms with Crippen LogP contribution in [0.4, 0.5) is 0 Å². The quantitative estimate of drug-likeness (QED) is 0.927. The Balaban J connectivity index is 1.94. The molecule has 0 saturated carbocycles. The maximum absolute atomic E-state index is 12.1. The normalized spacial score (nSPS) is 23.6. The minimum atomic E-state index is -0.221. The Labute approximate surface area is 115 Å². The van der Waals surface area contributed by atoms with Crippen LogP contribution in [-0.4, -0.2) is 16.4 Å². The molecule has 0 radical (unpaired) electrons. The smallest absolute Gasteiger partial charge is 0.236 e. The summed E-state index contributed by atoms with van der Waals surface area (Å²) in [6, 6.07) is 7.98. The van der Waals surface area contributed by atoms with E-state index in [1.54, 1.807) is 11.8 Å². The summed E-state index contributed by atoms with van der Waals surface area (Å²) >= 11 is 5.26. The van der Waals surface area contributed by atoms with E-state index >= 15 is 0 Å². The van der Waals surface area contributed by atoms with Crippen LogP contribution >= 0.6 is 27.7 Å². The second kappa shape index (κ2) is 5.44. The molecule has 0 spiro atoms. The summed E-state index contributed by atoms with van der Waals surface area (Å²) in [6.07, 6.45) is 2.13. The van der Waals surface area contributed by atoms with Gasteiger partial charge in [-0.3, -0.25) is 4.79 Å². The molecule has 0 aromatic heterocycles. The Morgan fingerprint density at radius 2 is 2.29 bits per heavy atom. The van der Waals surface area contributed by atoms with Crippen molar-refractivity contribution in [1.29, 1.82) is 0 Å². The SMILES string of the molecule is CC1(C(=O)NCc2ccccc2Br)CCCS1. The number of hydrogen-bond acceptors (Lipinski definition) is 2. The Morgan fingerprint density at radius 3 is 2.94 bits per heavy atom. The number of carbonyl (C=O) groups is 1. The molecule has 0 aliphatic carbocycles. The Kier molecular flexibility index (Phi) is 4.15. The number of amides is 1. The molecule has 17 heavy (non-hydrogen) atoms. The number of benzene rings is 1. The van der Waals surface area contributed by atoms with Crippen LogP contribution in [0.25, 0.3) is 0 Å². The molecule has 4 heteroatoms. The summed E-state index contributed by atoms with van der Waals surface area (Å²) < 4.78 is 0.825. The van der Waals surface area contributed by atoms with E-state index in [4.69, 9.17) is 0 Å². The van der Waals surface area contributed by atoms with Gasteiger partial charge in [0.25, 0.3) is 0 Å². The minimum Gasteiger partial charge on any atom is -0.351 e. The van der Waals surface area contributed by atoms with Crippen LogP contribution in [0.15, 0.2) is 28.7 Å². The predicted octanol–water partition coefficient (Wildman–Crippen LogP) is 3.35. The zero-order chi connectivity index (χ0) is 12.3. The highest BCUT2D eigenvalue weighted by Gasteiger charge is 2.36. The Hall–Kier alpha value is -0.480. The van der Waals surface area contributed by atoms with Gasteiger partial charge in [-0.2, -0.15) is 0 Å². The molecule has 1 saturated heterocycles. The Morgan fingerprint density at radius 1 is 1.53 bits per heavy atom. The van der Waals surface area contributed by atoms with E-state index in [0.717, 1.165) is 28.6 Å². The van der Waals surface area contributed by atoms with Gasteiger partial charge in [0.2, 0.25) is 5.91 Å². The van der Waals surface area contributed by atoms with Crippen LogP contribution in [0, 0.1) is 0 Å². The van der Waals surface area contributed by atoms with Crippen molar-refractivity contribution in [3.05, 3.63) is 34.3 Å². The minimum absolute atomic E-state index is 0.163. The molecule has 1 N–H and O–H groups in total. The van der Waals surface area contributed by atoms with Crippen LogP contribution in [0.5, 0.6) is 0 Å². The van der Waals surface area contributed by atoms with Crippen LogP contribution < -0.4 is 5.32 Å². The summed E-state index contributed by atoms with van der Waals surface area (Å²) in [5.41, 5.74) is 1.12. The third-order valence-corrected chi connectivity index (χ3v) is 5.39. The fourth-order valence-corrected chi connectivity index (χ4v) is 3.62. The zero-order valence-corrected chi connectivity index (χ0v) is 12.2. The van der Waals surface area contributed by atoms with Crippen molar-refractivity contribution in [2.45, 2.75) is 31.1 Å². The van der Waals surface area contributed by atoms with Crippen molar-refractivity contribution in [3.63, 3.8) is 0 Å². The van der Waals surface area contributed by atoms with Gasteiger partial charge in [0.1, 0.15) is 0 Å². The molecular weight excluding hydrogens is 298 g/mol. The summed E-state index contributed by atoms with van der Waals surface area (Å²) in [5, 5.41) is 3.03. The largest absolute Gasteiger partial charge is 0.351 e. The van der Waals surface area contributed by atoms with Crippen LogP contribution in [0.2, 0.25) is 0 Å². The molecule has 1 fully saturated rings. The lowest BCUT2D eigenvalue weighted by atomic mass is 10.0.